The zero-order valence-electron chi connectivity index (χ0n) is 8.72. The summed E-state index contributed by atoms with van der Waals surface area (Å²) in [5, 5.41) is 2.34. The fraction of sp³-hybridized carbons (Fsp3) is 0.600. The van der Waals surface area contributed by atoms with Crippen molar-refractivity contribution in [2.75, 3.05) is 7.05 Å². The van der Waals surface area contributed by atoms with Crippen LogP contribution in [0.4, 0.5) is 4.79 Å². The average Bonchev–Trinajstić information content (AvgIpc) is 1.99. The maximum atomic E-state index is 11.3. The minimum Gasteiger partial charge on any atom is -0.415 e. The Balaban J connectivity index is 2.70. The van der Waals surface area contributed by atoms with E-state index in [2.05, 4.69) is 5.32 Å². The quantitative estimate of drug-likeness (QED) is 0.694. The maximum absolute atomic E-state index is 11.3. The van der Waals surface area contributed by atoms with Crippen LogP contribution < -0.4 is 5.32 Å². The Bertz CT molecular complexity index is 292. The largest absolute Gasteiger partial charge is 0.415 e. The SMILES string of the molecule is CNC(=O)OC1=CC(=O)CC(C)(C)C1. The van der Waals surface area contributed by atoms with Gasteiger partial charge in [0.1, 0.15) is 5.76 Å². The van der Waals surface area contributed by atoms with Gasteiger partial charge in [0.2, 0.25) is 0 Å². The Labute approximate surface area is 83.3 Å². The molecule has 1 amide bonds. The van der Waals surface area contributed by atoms with Crippen LogP contribution in [-0.2, 0) is 9.53 Å². The second-order valence-electron chi connectivity index (χ2n) is 4.23. The van der Waals surface area contributed by atoms with E-state index in [1.165, 1.54) is 13.1 Å². The number of carbonyl (C=O) groups is 2. The third kappa shape index (κ3) is 2.87. The van der Waals surface area contributed by atoms with Gasteiger partial charge in [0.25, 0.3) is 0 Å². The number of carbonyl (C=O) groups excluding carboxylic acids is 2. The molecule has 0 saturated carbocycles. The van der Waals surface area contributed by atoms with Crippen LogP contribution >= 0.6 is 0 Å². The molecule has 1 N–H and O–H groups in total. The van der Waals surface area contributed by atoms with Gasteiger partial charge in [0.15, 0.2) is 5.78 Å². The summed E-state index contributed by atoms with van der Waals surface area (Å²) < 4.78 is 4.94. The lowest BCUT2D eigenvalue weighted by Crippen LogP contribution is -2.26. The van der Waals surface area contributed by atoms with E-state index in [0.717, 1.165) is 0 Å². The molecule has 78 valence electrons. The van der Waals surface area contributed by atoms with Crippen LogP contribution in [-0.4, -0.2) is 18.9 Å². The number of allylic oxidation sites excluding steroid dienone is 2. The van der Waals surface area contributed by atoms with Crippen molar-refractivity contribution in [3.63, 3.8) is 0 Å². The molecular weight excluding hydrogens is 182 g/mol. The smallest absolute Gasteiger partial charge is 0.412 e. The van der Waals surface area contributed by atoms with Crippen LogP contribution in [0.25, 0.3) is 0 Å². The lowest BCUT2D eigenvalue weighted by molar-refractivity contribution is -0.117. The second-order valence-corrected chi connectivity index (χ2v) is 4.23. The molecule has 0 aliphatic heterocycles. The zero-order valence-corrected chi connectivity index (χ0v) is 8.72. The van der Waals surface area contributed by atoms with E-state index in [4.69, 9.17) is 4.74 Å². The average molecular weight is 197 g/mol. The van der Waals surface area contributed by atoms with Crippen LogP contribution in [0.5, 0.6) is 0 Å². The van der Waals surface area contributed by atoms with Gasteiger partial charge >= 0.3 is 6.09 Å². The molecular formula is C10H15NO3. The number of rotatable bonds is 1. The highest BCUT2D eigenvalue weighted by molar-refractivity contribution is 5.91. The third-order valence-electron chi connectivity index (χ3n) is 2.06. The summed E-state index contributed by atoms with van der Waals surface area (Å²) in [5.41, 5.74) is -0.116. The summed E-state index contributed by atoms with van der Waals surface area (Å²) in [6.45, 7) is 3.95. The minimum atomic E-state index is -0.526. The summed E-state index contributed by atoms with van der Waals surface area (Å²) >= 11 is 0. The van der Waals surface area contributed by atoms with Crippen LogP contribution in [0.2, 0.25) is 0 Å². The van der Waals surface area contributed by atoms with Crippen LogP contribution in [0.3, 0.4) is 0 Å². The zero-order chi connectivity index (χ0) is 10.8. The standard InChI is InChI=1S/C10H15NO3/c1-10(2)5-7(12)4-8(6-10)14-9(13)11-3/h4H,5-6H2,1-3H3,(H,11,13). The Morgan fingerprint density at radius 1 is 1.50 bits per heavy atom. The fourth-order valence-corrected chi connectivity index (χ4v) is 1.52. The molecule has 4 nitrogen and oxygen atoms in total. The normalized spacial score (nSPS) is 19.9. The number of ether oxygens (including phenoxy) is 1. The number of alkyl carbamates (subject to hydrolysis) is 1. The number of hydrogen-bond donors (Lipinski definition) is 1. The first-order chi connectivity index (χ1) is 6.43. The van der Waals surface area contributed by atoms with Crippen molar-refractivity contribution in [1.29, 1.82) is 0 Å². The van der Waals surface area contributed by atoms with Gasteiger partial charge in [-0.05, 0) is 5.41 Å². The van der Waals surface area contributed by atoms with Gasteiger partial charge in [-0.2, -0.15) is 0 Å². The molecule has 0 unspecified atom stereocenters. The number of amides is 1. The van der Waals surface area contributed by atoms with Crippen molar-refractivity contribution >= 4 is 11.9 Å². The molecule has 1 rings (SSSR count). The van der Waals surface area contributed by atoms with Crippen molar-refractivity contribution in [2.45, 2.75) is 26.7 Å². The van der Waals surface area contributed by atoms with Gasteiger partial charge in [0, 0.05) is 26.0 Å². The number of hydrogen-bond acceptors (Lipinski definition) is 3. The molecule has 0 aromatic carbocycles. The first kappa shape index (κ1) is 10.8. The summed E-state index contributed by atoms with van der Waals surface area (Å²) in [6, 6.07) is 0. The van der Waals surface area contributed by atoms with Gasteiger partial charge in [0.05, 0.1) is 0 Å². The van der Waals surface area contributed by atoms with E-state index in [0.29, 0.717) is 18.6 Å². The molecule has 0 spiro atoms. The summed E-state index contributed by atoms with van der Waals surface area (Å²) in [7, 11) is 1.48. The summed E-state index contributed by atoms with van der Waals surface area (Å²) in [6.07, 6.45) is 2.00. The van der Waals surface area contributed by atoms with Crippen molar-refractivity contribution in [1.82, 2.24) is 5.32 Å². The monoisotopic (exact) mass is 197 g/mol. The lowest BCUT2D eigenvalue weighted by Gasteiger charge is -2.27. The Morgan fingerprint density at radius 3 is 2.64 bits per heavy atom. The van der Waals surface area contributed by atoms with E-state index < -0.39 is 6.09 Å². The van der Waals surface area contributed by atoms with Gasteiger partial charge in [-0.3, -0.25) is 4.79 Å². The molecule has 0 aromatic heterocycles. The Hall–Kier alpha value is -1.32. The van der Waals surface area contributed by atoms with E-state index >= 15 is 0 Å². The molecule has 0 fully saturated rings. The highest BCUT2D eigenvalue weighted by Gasteiger charge is 2.29. The molecule has 0 heterocycles. The molecule has 0 atom stereocenters. The highest BCUT2D eigenvalue weighted by atomic mass is 16.6. The first-order valence-electron chi connectivity index (χ1n) is 4.56. The molecule has 0 bridgehead atoms. The van der Waals surface area contributed by atoms with Crippen molar-refractivity contribution < 1.29 is 14.3 Å². The van der Waals surface area contributed by atoms with E-state index in [9.17, 15) is 9.59 Å². The highest BCUT2D eigenvalue weighted by Crippen LogP contribution is 2.33. The summed E-state index contributed by atoms with van der Waals surface area (Å²) in [5.74, 6) is 0.464. The molecule has 1 aliphatic rings. The predicted octanol–water partition coefficient (Wildman–Crippen LogP) is 1.62. The van der Waals surface area contributed by atoms with Gasteiger partial charge < -0.3 is 10.1 Å². The summed E-state index contributed by atoms with van der Waals surface area (Å²) in [4.78, 5) is 22.2. The Morgan fingerprint density at radius 2 is 2.14 bits per heavy atom. The van der Waals surface area contributed by atoms with Crippen molar-refractivity contribution in [2.24, 2.45) is 5.41 Å². The predicted molar refractivity (Wildman–Crippen MR) is 51.6 cm³/mol. The molecule has 0 aromatic rings. The number of nitrogens with one attached hydrogen (secondary N) is 1. The van der Waals surface area contributed by atoms with Crippen LogP contribution in [0.15, 0.2) is 11.8 Å². The van der Waals surface area contributed by atoms with Gasteiger partial charge in [-0.1, -0.05) is 13.8 Å². The van der Waals surface area contributed by atoms with E-state index in [-0.39, 0.29) is 11.2 Å². The molecule has 0 radical (unpaired) electrons. The van der Waals surface area contributed by atoms with Crippen LogP contribution in [0, 0.1) is 5.41 Å². The lowest BCUT2D eigenvalue weighted by atomic mass is 9.79. The minimum absolute atomic E-state index is 0.0140. The second kappa shape index (κ2) is 3.82. The van der Waals surface area contributed by atoms with Crippen LogP contribution in [0.1, 0.15) is 26.7 Å². The number of ketones is 1. The van der Waals surface area contributed by atoms with Gasteiger partial charge in [-0.15, -0.1) is 0 Å². The van der Waals surface area contributed by atoms with Crippen molar-refractivity contribution in [3.05, 3.63) is 11.8 Å². The van der Waals surface area contributed by atoms with E-state index in [1.54, 1.807) is 0 Å². The topological polar surface area (TPSA) is 55.4 Å². The molecule has 14 heavy (non-hydrogen) atoms. The molecule has 1 aliphatic carbocycles. The first-order valence-corrected chi connectivity index (χ1v) is 4.56. The Kier molecular flexibility index (Phi) is 2.93. The third-order valence-corrected chi connectivity index (χ3v) is 2.06. The molecule has 0 saturated heterocycles. The fourth-order valence-electron chi connectivity index (χ4n) is 1.52. The van der Waals surface area contributed by atoms with E-state index in [1.807, 2.05) is 13.8 Å². The van der Waals surface area contributed by atoms with Crippen molar-refractivity contribution in [3.8, 4) is 0 Å². The van der Waals surface area contributed by atoms with Gasteiger partial charge in [-0.25, -0.2) is 4.79 Å². The molecule has 4 heteroatoms. The maximum Gasteiger partial charge on any atom is 0.412 e.